The van der Waals surface area contributed by atoms with Crippen molar-refractivity contribution >= 4 is 5.69 Å². The zero-order chi connectivity index (χ0) is 13.5. The number of rotatable bonds is 6. The molecule has 0 aliphatic heterocycles. The first kappa shape index (κ1) is 13.3. The zero-order valence-corrected chi connectivity index (χ0v) is 11.1. The maximum absolute atomic E-state index is 5.67. The van der Waals surface area contributed by atoms with Crippen LogP contribution in [0.15, 0.2) is 48.5 Å². The van der Waals surface area contributed by atoms with Gasteiger partial charge in [0.25, 0.3) is 0 Å². The average molecular weight is 257 g/mol. The molecule has 0 heterocycles. The van der Waals surface area contributed by atoms with E-state index in [1.807, 2.05) is 48.5 Å². The van der Waals surface area contributed by atoms with Crippen molar-refractivity contribution < 1.29 is 9.47 Å². The maximum Gasteiger partial charge on any atom is 0.121 e. The van der Waals surface area contributed by atoms with E-state index in [1.54, 1.807) is 0 Å². The minimum atomic E-state index is 0.620. The molecule has 2 aromatic rings. The van der Waals surface area contributed by atoms with E-state index < -0.39 is 0 Å². The molecule has 3 heteroatoms. The van der Waals surface area contributed by atoms with Gasteiger partial charge in [0, 0.05) is 18.2 Å². The number of nitrogen functional groups attached to an aromatic ring is 1. The third-order valence-electron chi connectivity index (χ3n) is 2.71. The fourth-order valence-corrected chi connectivity index (χ4v) is 1.68. The van der Waals surface area contributed by atoms with Crippen LogP contribution in [0.25, 0.3) is 0 Å². The lowest BCUT2D eigenvalue weighted by Gasteiger charge is -2.08. The first-order valence-electron chi connectivity index (χ1n) is 6.42. The summed E-state index contributed by atoms with van der Waals surface area (Å²) in [5.41, 5.74) is 7.62. The Labute approximate surface area is 114 Å². The Hall–Kier alpha value is -2.16. The summed E-state index contributed by atoms with van der Waals surface area (Å²) in [6, 6.07) is 15.5. The second-order valence-corrected chi connectivity index (χ2v) is 4.44. The van der Waals surface area contributed by atoms with Crippen molar-refractivity contribution in [1.82, 2.24) is 0 Å². The van der Waals surface area contributed by atoms with Gasteiger partial charge < -0.3 is 15.2 Å². The van der Waals surface area contributed by atoms with Crippen LogP contribution in [0.2, 0.25) is 0 Å². The summed E-state index contributed by atoms with van der Waals surface area (Å²) in [5, 5.41) is 0. The summed E-state index contributed by atoms with van der Waals surface area (Å²) in [4.78, 5) is 0. The Bertz CT molecular complexity index is 508. The highest BCUT2D eigenvalue weighted by Gasteiger charge is 1.96. The molecule has 0 unspecified atom stereocenters. The normalized spacial score (nSPS) is 10.2. The number of aryl methyl sites for hydroxylation is 1. The van der Waals surface area contributed by atoms with E-state index in [9.17, 15) is 0 Å². The van der Waals surface area contributed by atoms with Gasteiger partial charge in [0.15, 0.2) is 0 Å². The Balaban J connectivity index is 1.66. The van der Waals surface area contributed by atoms with Crippen LogP contribution in [0.3, 0.4) is 0 Å². The van der Waals surface area contributed by atoms with Crippen LogP contribution in [-0.4, -0.2) is 13.2 Å². The molecule has 100 valence electrons. The number of hydrogen-bond donors (Lipinski definition) is 1. The van der Waals surface area contributed by atoms with E-state index in [0.29, 0.717) is 18.9 Å². The van der Waals surface area contributed by atoms with Crippen LogP contribution >= 0.6 is 0 Å². The van der Waals surface area contributed by atoms with Crippen LogP contribution in [0.5, 0.6) is 11.5 Å². The predicted molar refractivity (Wildman–Crippen MR) is 77.6 cm³/mol. The fourth-order valence-electron chi connectivity index (χ4n) is 1.68. The van der Waals surface area contributed by atoms with Crippen molar-refractivity contribution in [3.8, 4) is 11.5 Å². The summed E-state index contributed by atoms with van der Waals surface area (Å²) in [6.45, 7) is 3.32. The molecule has 0 aromatic heterocycles. The number of nitrogens with two attached hydrogens (primary N) is 1. The second-order valence-electron chi connectivity index (χ2n) is 4.44. The Kier molecular flexibility index (Phi) is 4.67. The lowest BCUT2D eigenvalue weighted by molar-refractivity contribution is 0.247. The summed E-state index contributed by atoms with van der Waals surface area (Å²) in [6.07, 6.45) is 0.836. The van der Waals surface area contributed by atoms with Gasteiger partial charge in [0.05, 0.1) is 13.2 Å². The minimum absolute atomic E-state index is 0.620. The van der Waals surface area contributed by atoms with Gasteiger partial charge in [-0.15, -0.1) is 0 Å². The lowest BCUT2D eigenvalue weighted by atomic mass is 10.2. The van der Waals surface area contributed by atoms with Gasteiger partial charge in [-0.3, -0.25) is 0 Å². The molecule has 0 aliphatic carbocycles. The summed E-state index contributed by atoms with van der Waals surface area (Å²) < 4.78 is 11.2. The molecule has 0 atom stereocenters. The number of benzene rings is 2. The van der Waals surface area contributed by atoms with Gasteiger partial charge >= 0.3 is 0 Å². The summed E-state index contributed by atoms with van der Waals surface area (Å²) in [5.74, 6) is 1.70. The smallest absolute Gasteiger partial charge is 0.121 e. The van der Waals surface area contributed by atoms with Crippen molar-refractivity contribution in [2.24, 2.45) is 0 Å². The second kappa shape index (κ2) is 6.69. The topological polar surface area (TPSA) is 44.5 Å². The molecule has 0 fully saturated rings. The zero-order valence-electron chi connectivity index (χ0n) is 11.1. The van der Waals surface area contributed by atoms with E-state index in [-0.39, 0.29) is 0 Å². The number of hydrogen-bond acceptors (Lipinski definition) is 3. The molecule has 0 saturated carbocycles. The molecule has 3 nitrogen and oxygen atoms in total. The van der Waals surface area contributed by atoms with E-state index >= 15 is 0 Å². The molecule has 0 radical (unpaired) electrons. The largest absolute Gasteiger partial charge is 0.493 e. The van der Waals surface area contributed by atoms with E-state index in [2.05, 4.69) is 6.92 Å². The standard InChI is InChI=1S/C16H19NO2/c1-13-6-8-15(9-7-13)18-10-3-11-19-16-5-2-4-14(17)12-16/h2,4-9,12H,3,10-11,17H2,1H3. The van der Waals surface area contributed by atoms with Gasteiger partial charge in [-0.25, -0.2) is 0 Å². The summed E-state index contributed by atoms with van der Waals surface area (Å²) in [7, 11) is 0. The predicted octanol–water partition coefficient (Wildman–Crippen LogP) is 3.43. The number of ether oxygens (including phenoxy) is 2. The monoisotopic (exact) mass is 257 g/mol. The van der Waals surface area contributed by atoms with Crippen LogP contribution < -0.4 is 15.2 Å². The van der Waals surface area contributed by atoms with E-state index in [4.69, 9.17) is 15.2 Å². The quantitative estimate of drug-likeness (QED) is 0.637. The molecule has 19 heavy (non-hydrogen) atoms. The molecular weight excluding hydrogens is 238 g/mol. The highest BCUT2D eigenvalue weighted by Crippen LogP contribution is 2.15. The highest BCUT2D eigenvalue weighted by atomic mass is 16.5. The fraction of sp³-hybridized carbons (Fsp3) is 0.250. The average Bonchev–Trinajstić information content (AvgIpc) is 2.41. The van der Waals surface area contributed by atoms with Crippen molar-refractivity contribution in [1.29, 1.82) is 0 Å². The van der Waals surface area contributed by atoms with E-state index in [0.717, 1.165) is 17.9 Å². The van der Waals surface area contributed by atoms with Crippen molar-refractivity contribution in [2.45, 2.75) is 13.3 Å². The maximum atomic E-state index is 5.67. The van der Waals surface area contributed by atoms with Gasteiger partial charge in [-0.1, -0.05) is 23.8 Å². The van der Waals surface area contributed by atoms with Gasteiger partial charge in [0.2, 0.25) is 0 Å². The van der Waals surface area contributed by atoms with Crippen LogP contribution in [0, 0.1) is 6.92 Å². The van der Waals surface area contributed by atoms with Crippen LogP contribution in [-0.2, 0) is 0 Å². The highest BCUT2D eigenvalue weighted by molar-refractivity contribution is 5.43. The molecule has 0 amide bonds. The molecular formula is C16H19NO2. The van der Waals surface area contributed by atoms with E-state index in [1.165, 1.54) is 5.56 Å². The Morgan fingerprint density at radius 3 is 2.26 bits per heavy atom. The lowest BCUT2D eigenvalue weighted by Crippen LogP contribution is -2.05. The van der Waals surface area contributed by atoms with Crippen molar-refractivity contribution in [3.05, 3.63) is 54.1 Å². The molecule has 0 aliphatic rings. The van der Waals surface area contributed by atoms with Gasteiger partial charge in [-0.2, -0.15) is 0 Å². The third kappa shape index (κ3) is 4.54. The molecule has 2 rings (SSSR count). The Morgan fingerprint density at radius 1 is 0.895 bits per heavy atom. The van der Waals surface area contributed by atoms with Gasteiger partial charge in [-0.05, 0) is 31.2 Å². The van der Waals surface area contributed by atoms with Gasteiger partial charge in [0.1, 0.15) is 11.5 Å². The minimum Gasteiger partial charge on any atom is -0.493 e. The molecule has 0 bridgehead atoms. The van der Waals surface area contributed by atoms with Crippen LogP contribution in [0.4, 0.5) is 5.69 Å². The Morgan fingerprint density at radius 2 is 1.58 bits per heavy atom. The third-order valence-corrected chi connectivity index (χ3v) is 2.71. The van der Waals surface area contributed by atoms with Crippen LogP contribution in [0.1, 0.15) is 12.0 Å². The molecule has 2 N–H and O–H groups in total. The SMILES string of the molecule is Cc1ccc(OCCCOc2cccc(N)c2)cc1. The van der Waals surface area contributed by atoms with Crippen molar-refractivity contribution in [2.75, 3.05) is 18.9 Å². The first-order chi connectivity index (χ1) is 9.24. The molecule has 0 spiro atoms. The summed E-state index contributed by atoms with van der Waals surface area (Å²) >= 11 is 0. The number of anilines is 1. The molecule has 0 saturated heterocycles. The first-order valence-corrected chi connectivity index (χ1v) is 6.42. The molecule has 2 aromatic carbocycles. The van der Waals surface area contributed by atoms with Crippen molar-refractivity contribution in [3.63, 3.8) is 0 Å².